The van der Waals surface area contributed by atoms with Crippen LogP contribution in [0.25, 0.3) is 0 Å². The second-order valence-corrected chi connectivity index (χ2v) is 4.28. The molecule has 1 amide bonds. The molecular weight excluding hydrogens is 228 g/mol. The summed E-state index contributed by atoms with van der Waals surface area (Å²) in [4.78, 5) is 11.0. The molecule has 1 heterocycles. The molecule has 5 heteroatoms. The summed E-state index contributed by atoms with van der Waals surface area (Å²) < 4.78 is 0. The average molecular weight is 241 g/mol. The maximum absolute atomic E-state index is 11.0. The normalized spacial score (nSPS) is 19.8. The molecular formula is C11H13ClN2O2. The molecule has 0 radical (unpaired) electrons. The van der Waals surface area contributed by atoms with E-state index in [1.165, 1.54) is 0 Å². The molecule has 1 aromatic rings. The third kappa shape index (κ3) is 2.65. The molecule has 1 aliphatic heterocycles. The van der Waals surface area contributed by atoms with Crippen molar-refractivity contribution in [2.24, 2.45) is 0 Å². The van der Waals surface area contributed by atoms with Crippen molar-refractivity contribution < 1.29 is 9.90 Å². The van der Waals surface area contributed by atoms with Crippen molar-refractivity contribution in [2.75, 3.05) is 6.54 Å². The standard InChI is InChI=1S/C11H13ClN2O2/c12-9-3-7(1-2-10(9)15)5-13-8-4-11(16)14-6-8/h1-3,8,13,15H,4-6H2,(H,14,16). The van der Waals surface area contributed by atoms with Gasteiger partial charge < -0.3 is 15.7 Å². The first-order valence-corrected chi connectivity index (χ1v) is 5.50. The monoisotopic (exact) mass is 240 g/mol. The number of phenolic OH excluding ortho intramolecular Hbond substituents is 1. The van der Waals surface area contributed by atoms with Crippen LogP contribution >= 0.6 is 11.6 Å². The number of amides is 1. The summed E-state index contributed by atoms with van der Waals surface area (Å²) in [6.07, 6.45) is 0.520. The lowest BCUT2D eigenvalue weighted by molar-refractivity contribution is -0.119. The molecule has 1 unspecified atom stereocenters. The predicted octanol–water partition coefficient (Wildman–Crippen LogP) is 1.02. The molecule has 16 heavy (non-hydrogen) atoms. The van der Waals surface area contributed by atoms with E-state index in [9.17, 15) is 9.90 Å². The maximum atomic E-state index is 11.0. The van der Waals surface area contributed by atoms with Crippen molar-refractivity contribution in [3.63, 3.8) is 0 Å². The van der Waals surface area contributed by atoms with Crippen LogP contribution in [0.4, 0.5) is 0 Å². The van der Waals surface area contributed by atoms with Gasteiger partial charge in [-0.2, -0.15) is 0 Å². The molecule has 1 saturated heterocycles. The Hall–Kier alpha value is -1.26. The summed E-state index contributed by atoms with van der Waals surface area (Å²) in [5.74, 6) is 0.171. The molecule has 1 aliphatic rings. The highest BCUT2D eigenvalue weighted by molar-refractivity contribution is 6.32. The Kier molecular flexibility index (Phi) is 3.31. The second-order valence-electron chi connectivity index (χ2n) is 3.87. The van der Waals surface area contributed by atoms with Crippen LogP contribution in [0.2, 0.25) is 5.02 Å². The van der Waals surface area contributed by atoms with E-state index in [4.69, 9.17) is 11.6 Å². The Balaban J connectivity index is 1.89. The lowest BCUT2D eigenvalue weighted by atomic mass is 10.2. The highest BCUT2D eigenvalue weighted by Crippen LogP contribution is 2.23. The highest BCUT2D eigenvalue weighted by atomic mass is 35.5. The number of carbonyl (C=O) groups is 1. The summed E-state index contributed by atoms with van der Waals surface area (Å²) in [5, 5.41) is 15.6. The zero-order valence-electron chi connectivity index (χ0n) is 8.66. The molecule has 0 spiro atoms. The van der Waals surface area contributed by atoms with Gasteiger partial charge in [0.2, 0.25) is 5.91 Å². The van der Waals surface area contributed by atoms with Crippen molar-refractivity contribution >= 4 is 17.5 Å². The molecule has 1 aromatic carbocycles. The van der Waals surface area contributed by atoms with Crippen molar-refractivity contribution in [3.8, 4) is 5.75 Å². The number of halogens is 1. The number of nitrogens with one attached hydrogen (secondary N) is 2. The van der Waals surface area contributed by atoms with Crippen molar-refractivity contribution in [1.82, 2.24) is 10.6 Å². The Labute approximate surface area is 98.6 Å². The first kappa shape index (κ1) is 11.2. The van der Waals surface area contributed by atoms with Crippen LogP contribution in [0.15, 0.2) is 18.2 Å². The van der Waals surface area contributed by atoms with Crippen LogP contribution in [-0.4, -0.2) is 23.6 Å². The minimum Gasteiger partial charge on any atom is -0.506 e. The van der Waals surface area contributed by atoms with Crippen LogP contribution in [0.3, 0.4) is 0 Å². The van der Waals surface area contributed by atoms with Crippen molar-refractivity contribution in [1.29, 1.82) is 0 Å². The Morgan fingerprint density at radius 2 is 2.38 bits per heavy atom. The fourth-order valence-electron chi connectivity index (χ4n) is 1.67. The number of hydrogen-bond donors (Lipinski definition) is 3. The summed E-state index contributed by atoms with van der Waals surface area (Å²) in [7, 11) is 0. The van der Waals surface area contributed by atoms with Gasteiger partial charge in [0.25, 0.3) is 0 Å². The fraction of sp³-hybridized carbons (Fsp3) is 0.364. The van der Waals surface area contributed by atoms with Gasteiger partial charge in [0, 0.05) is 25.6 Å². The summed E-state index contributed by atoms with van der Waals surface area (Å²) in [6.45, 7) is 1.31. The van der Waals surface area contributed by atoms with Crippen molar-refractivity contribution in [2.45, 2.75) is 19.0 Å². The minimum absolute atomic E-state index is 0.0845. The highest BCUT2D eigenvalue weighted by Gasteiger charge is 2.20. The molecule has 1 atom stereocenters. The summed E-state index contributed by atoms with van der Waals surface area (Å²) in [5.41, 5.74) is 0.988. The Bertz CT molecular complexity index is 409. The van der Waals surface area contributed by atoms with Gasteiger partial charge in [-0.15, -0.1) is 0 Å². The van der Waals surface area contributed by atoms with E-state index in [-0.39, 0.29) is 17.7 Å². The van der Waals surface area contributed by atoms with Gasteiger partial charge in [-0.3, -0.25) is 4.79 Å². The average Bonchev–Trinajstić information content (AvgIpc) is 2.66. The number of carbonyl (C=O) groups excluding carboxylic acids is 1. The van der Waals surface area contributed by atoms with Gasteiger partial charge in [0.05, 0.1) is 5.02 Å². The Morgan fingerprint density at radius 1 is 1.56 bits per heavy atom. The molecule has 3 N–H and O–H groups in total. The zero-order valence-corrected chi connectivity index (χ0v) is 9.42. The van der Waals surface area contributed by atoms with Crippen LogP contribution in [0, 0.1) is 0 Å². The lowest BCUT2D eigenvalue weighted by Gasteiger charge is -2.10. The molecule has 0 aliphatic carbocycles. The van der Waals surface area contributed by atoms with Crippen LogP contribution in [0.5, 0.6) is 5.75 Å². The predicted molar refractivity (Wildman–Crippen MR) is 61.4 cm³/mol. The van der Waals surface area contributed by atoms with Gasteiger partial charge >= 0.3 is 0 Å². The third-order valence-corrected chi connectivity index (χ3v) is 2.89. The molecule has 4 nitrogen and oxygen atoms in total. The van der Waals surface area contributed by atoms with Gasteiger partial charge in [0.15, 0.2) is 0 Å². The van der Waals surface area contributed by atoms with Crippen LogP contribution in [-0.2, 0) is 11.3 Å². The lowest BCUT2D eigenvalue weighted by Crippen LogP contribution is -2.30. The molecule has 2 rings (SSSR count). The first-order chi connectivity index (χ1) is 7.65. The third-order valence-electron chi connectivity index (χ3n) is 2.58. The Morgan fingerprint density at radius 3 is 3.00 bits per heavy atom. The van der Waals surface area contributed by atoms with Crippen LogP contribution in [0.1, 0.15) is 12.0 Å². The van der Waals surface area contributed by atoms with Gasteiger partial charge in [-0.25, -0.2) is 0 Å². The minimum atomic E-state index is 0.0845. The van der Waals surface area contributed by atoms with Gasteiger partial charge in [-0.05, 0) is 17.7 Å². The molecule has 0 saturated carbocycles. The van der Waals surface area contributed by atoms with Crippen molar-refractivity contribution in [3.05, 3.63) is 28.8 Å². The van der Waals surface area contributed by atoms with Gasteiger partial charge in [-0.1, -0.05) is 17.7 Å². The number of phenols is 1. The smallest absolute Gasteiger partial charge is 0.221 e. The van der Waals surface area contributed by atoms with E-state index in [1.807, 2.05) is 0 Å². The molecule has 1 fully saturated rings. The topological polar surface area (TPSA) is 61.4 Å². The SMILES string of the molecule is O=C1CC(NCc2ccc(O)c(Cl)c2)CN1. The fourth-order valence-corrected chi connectivity index (χ4v) is 1.88. The van der Waals surface area contributed by atoms with E-state index in [0.717, 1.165) is 5.56 Å². The van der Waals surface area contributed by atoms with E-state index in [2.05, 4.69) is 10.6 Å². The number of hydrogen-bond acceptors (Lipinski definition) is 3. The molecule has 0 aromatic heterocycles. The zero-order chi connectivity index (χ0) is 11.5. The largest absolute Gasteiger partial charge is 0.506 e. The van der Waals surface area contributed by atoms with E-state index in [1.54, 1.807) is 18.2 Å². The maximum Gasteiger partial charge on any atom is 0.221 e. The number of aromatic hydroxyl groups is 1. The van der Waals surface area contributed by atoms with Gasteiger partial charge in [0.1, 0.15) is 5.75 Å². The van der Waals surface area contributed by atoms with E-state index >= 15 is 0 Å². The quantitative estimate of drug-likeness (QED) is 0.740. The van der Waals surface area contributed by atoms with E-state index in [0.29, 0.717) is 24.5 Å². The summed E-state index contributed by atoms with van der Waals surface area (Å²) >= 11 is 5.79. The van der Waals surface area contributed by atoms with Crippen LogP contribution < -0.4 is 10.6 Å². The second kappa shape index (κ2) is 4.72. The number of benzene rings is 1. The number of rotatable bonds is 3. The summed E-state index contributed by atoms with van der Waals surface area (Å²) in [6, 6.07) is 5.27. The molecule has 86 valence electrons. The first-order valence-electron chi connectivity index (χ1n) is 5.12. The van der Waals surface area contributed by atoms with E-state index < -0.39 is 0 Å². The molecule has 0 bridgehead atoms.